The van der Waals surface area contributed by atoms with Crippen LogP contribution in [0.25, 0.3) is 11.2 Å². The molecule has 5 aromatic rings. The number of benzene rings is 4. The molecule has 4 N–H and O–H groups in total. The number of carbonyl (C=O) groups is 3. The van der Waals surface area contributed by atoms with Crippen molar-refractivity contribution in [1.82, 2.24) is 16.0 Å². The lowest BCUT2D eigenvalue weighted by molar-refractivity contribution is -0.127. The Morgan fingerprint density at radius 2 is 1.53 bits per heavy atom. The maximum absolute atomic E-state index is 13.8. The number of para-hydroxylation sites is 2. The van der Waals surface area contributed by atoms with Crippen molar-refractivity contribution in [2.75, 3.05) is 37.1 Å². The van der Waals surface area contributed by atoms with E-state index >= 15 is 0 Å². The molecule has 2 bridgehead atoms. The molecule has 12 heteroatoms. The topological polar surface area (TPSA) is 147 Å². The Morgan fingerprint density at radius 1 is 0.878 bits per heavy atom. The average molecular weight is 667 g/mol. The van der Waals surface area contributed by atoms with Crippen molar-refractivity contribution in [1.29, 1.82) is 0 Å². The van der Waals surface area contributed by atoms with Crippen LogP contribution >= 0.6 is 0 Å². The molecule has 49 heavy (non-hydrogen) atoms. The summed E-state index contributed by atoms with van der Waals surface area (Å²) in [6.07, 6.45) is 0. The largest absolute Gasteiger partial charge is 0.494 e. The van der Waals surface area contributed by atoms with E-state index in [1.165, 1.54) is 6.92 Å². The third-order valence-electron chi connectivity index (χ3n) is 7.06. The maximum Gasteiger partial charge on any atom is 0.302 e. The summed E-state index contributed by atoms with van der Waals surface area (Å²) in [5.41, 5.74) is 1.22. The number of ether oxygens (including phenoxy) is 2. The van der Waals surface area contributed by atoms with Crippen LogP contribution in [0.4, 0.5) is 11.4 Å². The molecule has 12 nitrogen and oxygen atoms in total. The van der Waals surface area contributed by atoms with Crippen LogP contribution in [0.2, 0.25) is 0 Å². The quantitative estimate of drug-likeness (QED) is 0.141. The van der Waals surface area contributed by atoms with Crippen LogP contribution in [-0.2, 0) is 9.59 Å². The Kier molecular flexibility index (Phi) is 12.7. The molecule has 1 aliphatic heterocycles. The van der Waals surface area contributed by atoms with Gasteiger partial charge in [0.05, 0.1) is 19.4 Å². The summed E-state index contributed by atoms with van der Waals surface area (Å²) >= 11 is 0. The second-order valence-electron chi connectivity index (χ2n) is 10.6. The van der Waals surface area contributed by atoms with Crippen molar-refractivity contribution in [3.05, 3.63) is 109 Å². The number of amidine groups is 1. The van der Waals surface area contributed by atoms with E-state index in [-0.39, 0.29) is 5.84 Å². The van der Waals surface area contributed by atoms with E-state index in [0.717, 1.165) is 35.0 Å². The molecule has 6 rings (SSSR count). The van der Waals surface area contributed by atoms with Crippen LogP contribution in [0.1, 0.15) is 38.1 Å². The average Bonchev–Trinajstić information content (AvgIpc) is 3.81. The van der Waals surface area contributed by atoms with Gasteiger partial charge in [0.15, 0.2) is 17.2 Å². The number of anilines is 2. The molecule has 256 valence electrons. The number of furan rings is 2. The predicted octanol–water partition coefficient (Wildman–Crippen LogP) is 5.61. The van der Waals surface area contributed by atoms with Gasteiger partial charge in [-0.3, -0.25) is 14.4 Å². The van der Waals surface area contributed by atoms with Gasteiger partial charge in [0.1, 0.15) is 11.3 Å². The van der Waals surface area contributed by atoms with Gasteiger partial charge < -0.3 is 35.2 Å². The minimum absolute atomic E-state index is 0.0655. The molecule has 0 aliphatic carbocycles. The second kappa shape index (κ2) is 17.3. The highest BCUT2D eigenvalue weighted by atomic mass is 16.5. The first-order valence-electron chi connectivity index (χ1n) is 16.0. The SMILES string of the molecule is CCNCC.CCOc1ccc(C(=O)NC2=NN(c3ccccc3)C(=O)C2(NC(C)=O)Nc2ccccc2)cc1.COc1cc2ccc1o2. The number of carbonyl (C=O) groups excluding carboxylic acids is 3. The van der Waals surface area contributed by atoms with Crippen LogP contribution in [-0.4, -0.2) is 56.0 Å². The molecule has 1 aliphatic rings. The van der Waals surface area contributed by atoms with Gasteiger partial charge in [0, 0.05) is 24.2 Å². The fraction of sp³-hybridized carbons (Fsp3) is 0.243. The van der Waals surface area contributed by atoms with Gasteiger partial charge in [0.25, 0.3) is 11.6 Å². The van der Waals surface area contributed by atoms with Gasteiger partial charge in [-0.1, -0.05) is 50.2 Å². The Hall–Kier alpha value is -5.88. The summed E-state index contributed by atoms with van der Waals surface area (Å²) in [4.78, 5) is 39.2. The van der Waals surface area contributed by atoms with Crippen molar-refractivity contribution in [3.63, 3.8) is 0 Å². The van der Waals surface area contributed by atoms with E-state index in [2.05, 4.69) is 40.2 Å². The first kappa shape index (κ1) is 36.0. The Balaban J connectivity index is 0.000000318. The van der Waals surface area contributed by atoms with E-state index in [0.29, 0.717) is 29.3 Å². The van der Waals surface area contributed by atoms with Crippen molar-refractivity contribution in [3.8, 4) is 11.5 Å². The van der Waals surface area contributed by atoms with E-state index in [1.807, 2.05) is 37.3 Å². The summed E-state index contributed by atoms with van der Waals surface area (Å²) in [5, 5.41) is 17.2. The zero-order chi connectivity index (χ0) is 35.2. The number of nitrogens with zero attached hydrogens (tertiary/aromatic N) is 2. The Labute approximate surface area is 285 Å². The van der Waals surface area contributed by atoms with E-state index in [9.17, 15) is 14.4 Å². The number of hydrazone groups is 1. The lowest BCUT2D eigenvalue weighted by Gasteiger charge is -2.31. The molecule has 0 saturated heterocycles. The number of fused-ring (bicyclic) bond motifs is 2. The molecular weight excluding hydrogens is 624 g/mol. The molecule has 1 atom stereocenters. The summed E-state index contributed by atoms with van der Waals surface area (Å²) in [5.74, 6) is -0.175. The Bertz CT molecular complexity index is 1810. The fourth-order valence-corrected chi connectivity index (χ4v) is 4.82. The molecule has 0 spiro atoms. The molecule has 0 saturated carbocycles. The number of methoxy groups -OCH3 is 1. The third kappa shape index (κ3) is 9.14. The van der Waals surface area contributed by atoms with Crippen LogP contribution in [0.15, 0.2) is 113 Å². The minimum atomic E-state index is -1.84. The highest BCUT2D eigenvalue weighted by Crippen LogP contribution is 2.29. The van der Waals surface area contributed by atoms with E-state index < -0.39 is 23.4 Å². The van der Waals surface area contributed by atoms with Crippen LogP contribution in [0.5, 0.6) is 11.5 Å². The smallest absolute Gasteiger partial charge is 0.302 e. The molecule has 0 fully saturated rings. The van der Waals surface area contributed by atoms with Crippen molar-refractivity contribution in [2.24, 2.45) is 5.10 Å². The zero-order valence-corrected chi connectivity index (χ0v) is 28.3. The predicted molar refractivity (Wildman–Crippen MR) is 191 cm³/mol. The number of hydrogen-bond donors (Lipinski definition) is 4. The molecular formula is C37H42N6O6. The molecule has 1 unspecified atom stereocenters. The van der Waals surface area contributed by atoms with Gasteiger partial charge in [-0.05, 0) is 80.7 Å². The van der Waals surface area contributed by atoms with E-state index in [1.54, 1.807) is 79.9 Å². The van der Waals surface area contributed by atoms with Crippen molar-refractivity contribution < 1.29 is 28.3 Å². The van der Waals surface area contributed by atoms with Crippen LogP contribution < -0.4 is 35.7 Å². The lowest BCUT2D eigenvalue weighted by atomic mass is 10.1. The standard InChI is InChI=1S/C26H25N5O4.C7H6O2.C4H11N/c1-3-35-22-16-14-19(15-17-22)23(33)27-24-26(28-18(2)32,29-20-10-6-4-7-11-20)25(34)31(30-24)21-12-8-5-9-13-21;1-8-7-4-5-2-3-6(7)9-5;1-3-5-4-2/h4-17,29H,3H2,1-2H3,(H,28,32)(H,27,30,33);2-4H,1H3;5H,3-4H2,1-2H3. The highest BCUT2D eigenvalue weighted by molar-refractivity contribution is 6.28. The summed E-state index contributed by atoms with van der Waals surface area (Å²) in [6.45, 7) is 10.1. The number of hydrogen-bond acceptors (Lipinski definition) is 9. The van der Waals surface area contributed by atoms with Crippen LogP contribution in [0.3, 0.4) is 0 Å². The third-order valence-corrected chi connectivity index (χ3v) is 7.06. The summed E-state index contributed by atoms with van der Waals surface area (Å²) in [7, 11) is 1.64. The van der Waals surface area contributed by atoms with Gasteiger partial charge in [-0.2, -0.15) is 5.01 Å². The zero-order valence-electron chi connectivity index (χ0n) is 28.3. The van der Waals surface area contributed by atoms with Crippen LogP contribution in [0, 0.1) is 0 Å². The van der Waals surface area contributed by atoms with Gasteiger partial charge in [0.2, 0.25) is 5.91 Å². The van der Waals surface area contributed by atoms with Gasteiger partial charge in [-0.25, -0.2) is 0 Å². The van der Waals surface area contributed by atoms with Crippen molar-refractivity contribution >= 4 is 46.1 Å². The molecule has 3 heterocycles. The summed E-state index contributed by atoms with van der Waals surface area (Å²) in [6, 6.07) is 29.9. The molecule has 2 aromatic heterocycles. The number of amides is 3. The fourth-order valence-electron chi connectivity index (χ4n) is 4.82. The van der Waals surface area contributed by atoms with Gasteiger partial charge >= 0.3 is 5.91 Å². The molecule has 0 radical (unpaired) electrons. The number of nitrogens with one attached hydrogen (secondary N) is 4. The van der Waals surface area contributed by atoms with Crippen molar-refractivity contribution in [2.45, 2.75) is 33.4 Å². The first-order valence-corrected chi connectivity index (χ1v) is 16.0. The minimum Gasteiger partial charge on any atom is -0.494 e. The lowest BCUT2D eigenvalue weighted by Crippen LogP contribution is -2.67. The monoisotopic (exact) mass is 666 g/mol. The number of rotatable bonds is 10. The first-order chi connectivity index (χ1) is 23.7. The highest BCUT2D eigenvalue weighted by Gasteiger charge is 2.54. The normalized spacial score (nSPS) is 14.9. The van der Waals surface area contributed by atoms with E-state index in [4.69, 9.17) is 13.9 Å². The summed E-state index contributed by atoms with van der Waals surface area (Å²) < 4.78 is 15.6. The molecule has 3 aromatic carbocycles. The molecule has 3 amide bonds. The second-order valence-corrected chi connectivity index (χ2v) is 10.6. The maximum atomic E-state index is 13.8. The van der Waals surface area contributed by atoms with Gasteiger partial charge in [-0.15, -0.1) is 5.10 Å². The Morgan fingerprint density at radius 3 is 2.02 bits per heavy atom.